The van der Waals surface area contributed by atoms with Crippen LogP contribution in [0.15, 0.2) is 40.2 Å². The molecule has 112 valence electrons. The van der Waals surface area contributed by atoms with E-state index >= 15 is 0 Å². The molecule has 0 spiro atoms. The van der Waals surface area contributed by atoms with Crippen LogP contribution in [0.3, 0.4) is 0 Å². The number of nitrogens with zero attached hydrogens (tertiary/aromatic N) is 1. The van der Waals surface area contributed by atoms with Crippen LogP contribution in [0.2, 0.25) is 0 Å². The molecule has 2 unspecified atom stereocenters. The molecule has 2 heterocycles. The van der Waals surface area contributed by atoms with Gasteiger partial charge in [-0.25, -0.2) is 8.42 Å². The van der Waals surface area contributed by atoms with Gasteiger partial charge < -0.3 is 10.7 Å². The van der Waals surface area contributed by atoms with Gasteiger partial charge in [0, 0.05) is 23.5 Å². The number of nitrogens with two attached hydrogens (primary N) is 1. The lowest BCUT2D eigenvalue weighted by Crippen LogP contribution is -2.43. The van der Waals surface area contributed by atoms with Crippen molar-refractivity contribution in [1.29, 1.82) is 0 Å². The fourth-order valence-corrected chi connectivity index (χ4v) is 4.59. The number of rotatable bonds is 2. The molecule has 0 bridgehead atoms. The molecule has 1 aliphatic rings. The Morgan fingerprint density at radius 2 is 2.05 bits per heavy atom. The van der Waals surface area contributed by atoms with Gasteiger partial charge in [0.2, 0.25) is 10.0 Å². The summed E-state index contributed by atoms with van der Waals surface area (Å²) < 4.78 is 27.0. The molecule has 1 saturated heterocycles. The quantitative estimate of drug-likeness (QED) is 0.859. The zero-order valence-corrected chi connectivity index (χ0v) is 12.4. The van der Waals surface area contributed by atoms with E-state index in [0.29, 0.717) is 17.3 Å². The van der Waals surface area contributed by atoms with Gasteiger partial charge in [-0.05, 0) is 30.5 Å². The van der Waals surface area contributed by atoms with Gasteiger partial charge in [0.05, 0.1) is 11.1 Å². The van der Waals surface area contributed by atoms with E-state index in [0.717, 1.165) is 6.42 Å². The van der Waals surface area contributed by atoms with Gasteiger partial charge >= 0.3 is 0 Å². The highest BCUT2D eigenvalue weighted by Crippen LogP contribution is 2.30. The molecule has 0 amide bonds. The third-order valence-electron chi connectivity index (χ3n) is 4.08. The van der Waals surface area contributed by atoms with E-state index < -0.39 is 16.2 Å². The summed E-state index contributed by atoms with van der Waals surface area (Å²) >= 11 is 0. The Morgan fingerprint density at radius 1 is 1.29 bits per heavy atom. The van der Waals surface area contributed by atoms with Crippen molar-refractivity contribution >= 4 is 20.8 Å². The van der Waals surface area contributed by atoms with Crippen molar-refractivity contribution in [3.8, 4) is 0 Å². The van der Waals surface area contributed by atoms with Crippen LogP contribution >= 0.6 is 0 Å². The standard InChI is InChI=1S/C14H17N3O3S/c1-9-6-8-17(13(9)15)21(19,20)12-4-2-3-11-10(12)5-7-16-14(11)18/h2-5,7,9,13H,6,8,15H2,1H3,(H,16,18). The molecule has 1 aromatic carbocycles. The largest absolute Gasteiger partial charge is 0.329 e. The van der Waals surface area contributed by atoms with Crippen LogP contribution in [-0.2, 0) is 10.0 Å². The average Bonchev–Trinajstić information content (AvgIpc) is 2.79. The minimum absolute atomic E-state index is 0.123. The number of hydrogen-bond acceptors (Lipinski definition) is 4. The maximum Gasteiger partial charge on any atom is 0.255 e. The molecule has 3 N–H and O–H groups in total. The predicted octanol–water partition coefficient (Wildman–Crippen LogP) is 0.843. The van der Waals surface area contributed by atoms with Crippen molar-refractivity contribution < 1.29 is 8.42 Å². The number of fused-ring (bicyclic) bond motifs is 1. The Labute approximate surface area is 122 Å². The average molecular weight is 307 g/mol. The van der Waals surface area contributed by atoms with Crippen molar-refractivity contribution in [1.82, 2.24) is 9.29 Å². The molecule has 0 saturated carbocycles. The van der Waals surface area contributed by atoms with E-state index in [1.54, 1.807) is 18.2 Å². The molecule has 0 aliphatic carbocycles. The molecule has 7 heteroatoms. The molecule has 21 heavy (non-hydrogen) atoms. The first-order chi connectivity index (χ1) is 9.93. The molecule has 3 rings (SSSR count). The van der Waals surface area contributed by atoms with Crippen molar-refractivity contribution in [2.45, 2.75) is 24.4 Å². The van der Waals surface area contributed by atoms with Crippen LogP contribution < -0.4 is 11.3 Å². The maximum absolute atomic E-state index is 12.8. The highest BCUT2D eigenvalue weighted by molar-refractivity contribution is 7.89. The van der Waals surface area contributed by atoms with Crippen LogP contribution in [0.1, 0.15) is 13.3 Å². The second-order valence-electron chi connectivity index (χ2n) is 5.40. The lowest BCUT2D eigenvalue weighted by molar-refractivity contribution is 0.357. The molecule has 0 radical (unpaired) electrons. The first-order valence-corrected chi connectivity index (χ1v) is 8.25. The minimum atomic E-state index is -3.71. The van der Waals surface area contributed by atoms with Gasteiger partial charge in [-0.2, -0.15) is 4.31 Å². The van der Waals surface area contributed by atoms with Crippen LogP contribution in [0.4, 0.5) is 0 Å². The summed E-state index contributed by atoms with van der Waals surface area (Å²) in [4.78, 5) is 14.5. The van der Waals surface area contributed by atoms with E-state index in [-0.39, 0.29) is 16.4 Å². The molecule has 1 aliphatic heterocycles. The lowest BCUT2D eigenvalue weighted by Gasteiger charge is -2.23. The summed E-state index contributed by atoms with van der Waals surface area (Å²) in [6, 6.07) is 6.32. The Balaban J connectivity index is 2.21. The van der Waals surface area contributed by atoms with E-state index in [1.165, 1.54) is 16.6 Å². The Morgan fingerprint density at radius 3 is 2.71 bits per heavy atom. The maximum atomic E-state index is 12.8. The smallest absolute Gasteiger partial charge is 0.255 e. The molecule has 6 nitrogen and oxygen atoms in total. The van der Waals surface area contributed by atoms with Crippen molar-refractivity contribution in [3.05, 3.63) is 40.8 Å². The highest BCUT2D eigenvalue weighted by Gasteiger charge is 2.38. The monoisotopic (exact) mass is 307 g/mol. The van der Waals surface area contributed by atoms with Gasteiger partial charge in [0.25, 0.3) is 5.56 Å². The summed E-state index contributed by atoms with van der Waals surface area (Å²) in [5.41, 5.74) is 5.70. The number of aromatic amines is 1. The summed E-state index contributed by atoms with van der Waals surface area (Å²) in [5, 5.41) is 0.785. The summed E-state index contributed by atoms with van der Waals surface area (Å²) in [7, 11) is -3.71. The predicted molar refractivity (Wildman–Crippen MR) is 80.2 cm³/mol. The van der Waals surface area contributed by atoms with Crippen LogP contribution in [-0.4, -0.2) is 30.4 Å². The normalized spacial score (nSPS) is 23.7. The fourth-order valence-electron chi connectivity index (χ4n) is 2.76. The van der Waals surface area contributed by atoms with Crippen LogP contribution in [0, 0.1) is 5.92 Å². The van der Waals surface area contributed by atoms with Gasteiger partial charge in [0.1, 0.15) is 0 Å². The molecular formula is C14H17N3O3S. The van der Waals surface area contributed by atoms with E-state index in [4.69, 9.17) is 5.73 Å². The van der Waals surface area contributed by atoms with Gasteiger partial charge in [-0.15, -0.1) is 0 Å². The van der Waals surface area contributed by atoms with E-state index in [1.807, 2.05) is 6.92 Å². The van der Waals surface area contributed by atoms with E-state index in [2.05, 4.69) is 4.98 Å². The van der Waals surface area contributed by atoms with E-state index in [9.17, 15) is 13.2 Å². The van der Waals surface area contributed by atoms with Gasteiger partial charge in [0.15, 0.2) is 0 Å². The number of sulfonamides is 1. The molecular weight excluding hydrogens is 290 g/mol. The summed E-state index contributed by atoms with van der Waals surface area (Å²) in [6.07, 6.45) is 1.68. The molecule has 2 atom stereocenters. The fraction of sp³-hybridized carbons (Fsp3) is 0.357. The van der Waals surface area contributed by atoms with Crippen LogP contribution in [0.25, 0.3) is 10.8 Å². The number of benzene rings is 1. The molecule has 1 aromatic heterocycles. The third-order valence-corrected chi connectivity index (χ3v) is 6.04. The Bertz CT molecular complexity index is 844. The highest BCUT2D eigenvalue weighted by atomic mass is 32.2. The minimum Gasteiger partial charge on any atom is -0.329 e. The number of hydrogen-bond donors (Lipinski definition) is 2. The lowest BCUT2D eigenvalue weighted by atomic mass is 10.1. The number of H-pyrrole nitrogens is 1. The van der Waals surface area contributed by atoms with Gasteiger partial charge in [-0.1, -0.05) is 13.0 Å². The molecule has 1 fully saturated rings. The second kappa shape index (κ2) is 4.94. The SMILES string of the molecule is CC1CCN(S(=O)(=O)c2cccc3c(=O)[nH]ccc23)C1N. The Kier molecular flexibility index (Phi) is 3.35. The Hall–Kier alpha value is -1.70. The number of nitrogens with one attached hydrogen (secondary N) is 1. The number of aromatic nitrogens is 1. The second-order valence-corrected chi connectivity index (χ2v) is 7.26. The van der Waals surface area contributed by atoms with Gasteiger partial charge in [-0.3, -0.25) is 4.79 Å². The first kappa shape index (κ1) is 14.2. The number of pyridine rings is 1. The topological polar surface area (TPSA) is 96.3 Å². The summed E-state index contributed by atoms with van der Waals surface area (Å²) in [5.74, 6) is 0.123. The van der Waals surface area contributed by atoms with Crippen LogP contribution in [0.5, 0.6) is 0 Å². The third kappa shape index (κ3) is 2.17. The van der Waals surface area contributed by atoms with Crippen molar-refractivity contribution in [3.63, 3.8) is 0 Å². The first-order valence-electron chi connectivity index (χ1n) is 6.81. The summed E-state index contributed by atoms with van der Waals surface area (Å²) in [6.45, 7) is 2.35. The zero-order valence-electron chi connectivity index (χ0n) is 11.6. The van der Waals surface area contributed by atoms with Crippen molar-refractivity contribution in [2.75, 3.05) is 6.54 Å². The van der Waals surface area contributed by atoms with Crippen molar-refractivity contribution in [2.24, 2.45) is 11.7 Å². The molecule has 2 aromatic rings. The zero-order chi connectivity index (χ0) is 15.2.